The molecule has 0 bridgehead atoms. The quantitative estimate of drug-likeness (QED) is 0.406. The monoisotopic (exact) mass is 504 g/mol. The summed E-state index contributed by atoms with van der Waals surface area (Å²) in [4.78, 5) is 23.6. The zero-order valence-corrected chi connectivity index (χ0v) is 18.5. The molecule has 1 N–H and O–H groups in total. The molecule has 3 atom stereocenters. The molecule has 1 aliphatic rings. The molecule has 0 amide bonds. The van der Waals surface area contributed by atoms with Gasteiger partial charge in [0.25, 0.3) is 12.0 Å². The van der Waals surface area contributed by atoms with E-state index >= 15 is 0 Å². The third kappa shape index (κ3) is 3.90. The highest BCUT2D eigenvalue weighted by atomic mass is 19.4. The molecule has 1 fully saturated rings. The smallest absolute Gasteiger partial charge is 0.309 e. The number of halogens is 5. The van der Waals surface area contributed by atoms with Crippen LogP contribution in [-0.2, 0) is 6.18 Å². The SMILES string of the molecule is C[C@H](c1ccc(C(F)(F)F)nc1)n1nc(C#N)c2c(=O)[nH]c([C@@H]3CC[C@H]3n3cc(C(F)F)cn3)nc21. The number of nitrogens with zero attached hydrogens (tertiary/aromatic N) is 7. The Balaban J connectivity index is 1.54. The van der Waals surface area contributed by atoms with E-state index in [-0.39, 0.29) is 40.1 Å². The van der Waals surface area contributed by atoms with Crippen LogP contribution in [0.5, 0.6) is 0 Å². The predicted molar refractivity (Wildman–Crippen MR) is 114 cm³/mol. The summed E-state index contributed by atoms with van der Waals surface area (Å²) in [6, 6.07) is 2.92. The highest BCUT2D eigenvalue weighted by molar-refractivity contribution is 5.80. The van der Waals surface area contributed by atoms with Crippen LogP contribution in [0.15, 0.2) is 35.5 Å². The fourth-order valence-electron chi connectivity index (χ4n) is 4.31. The van der Waals surface area contributed by atoms with Crippen LogP contribution in [0.3, 0.4) is 0 Å². The van der Waals surface area contributed by atoms with Crippen LogP contribution < -0.4 is 5.56 Å². The first kappa shape index (κ1) is 23.6. The van der Waals surface area contributed by atoms with Gasteiger partial charge >= 0.3 is 6.18 Å². The van der Waals surface area contributed by atoms with Crippen LogP contribution in [0, 0.1) is 11.3 Å². The number of hydrogen-bond donors (Lipinski definition) is 1. The molecule has 1 saturated carbocycles. The maximum absolute atomic E-state index is 13.0. The molecule has 0 aromatic carbocycles. The average molecular weight is 504 g/mol. The Labute approximate surface area is 199 Å². The number of aromatic nitrogens is 7. The summed E-state index contributed by atoms with van der Waals surface area (Å²) in [5.41, 5.74) is -1.61. The highest BCUT2D eigenvalue weighted by Crippen LogP contribution is 2.44. The van der Waals surface area contributed by atoms with Crippen molar-refractivity contribution in [2.24, 2.45) is 0 Å². The zero-order valence-electron chi connectivity index (χ0n) is 18.5. The van der Waals surface area contributed by atoms with Gasteiger partial charge in [0.1, 0.15) is 23.0 Å². The van der Waals surface area contributed by atoms with Gasteiger partial charge in [-0.25, -0.2) is 18.4 Å². The summed E-state index contributed by atoms with van der Waals surface area (Å²) in [5.74, 6) is -0.0503. The van der Waals surface area contributed by atoms with Crippen LogP contribution in [-0.4, -0.2) is 34.5 Å². The first-order valence-electron chi connectivity index (χ1n) is 10.9. The number of H-pyrrole nitrogens is 1. The molecule has 5 rings (SSSR count). The van der Waals surface area contributed by atoms with Crippen LogP contribution in [0.2, 0.25) is 0 Å². The van der Waals surface area contributed by atoms with Crippen molar-refractivity contribution in [1.82, 2.24) is 34.5 Å². The van der Waals surface area contributed by atoms with Gasteiger partial charge in [0.05, 0.1) is 23.8 Å². The van der Waals surface area contributed by atoms with Gasteiger partial charge < -0.3 is 4.98 Å². The van der Waals surface area contributed by atoms with Crippen molar-refractivity contribution in [3.63, 3.8) is 0 Å². The van der Waals surface area contributed by atoms with E-state index < -0.39 is 29.9 Å². The Kier molecular flexibility index (Phi) is 5.57. The minimum Gasteiger partial charge on any atom is -0.309 e. The Morgan fingerprint density at radius 2 is 1.97 bits per heavy atom. The van der Waals surface area contributed by atoms with Crippen molar-refractivity contribution < 1.29 is 22.0 Å². The van der Waals surface area contributed by atoms with Gasteiger partial charge in [0.15, 0.2) is 11.3 Å². The Hall–Kier alpha value is -4.15. The van der Waals surface area contributed by atoms with Crippen molar-refractivity contribution in [3.05, 3.63) is 69.4 Å². The van der Waals surface area contributed by atoms with E-state index in [0.717, 1.165) is 18.5 Å². The number of nitrogens with one attached hydrogen (secondary N) is 1. The first-order valence-corrected chi connectivity index (χ1v) is 10.9. The van der Waals surface area contributed by atoms with E-state index in [2.05, 4.69) is 25.1 Å². The van der Waals surface area contributed by atoms with Crippen molar-refractivity contribution in [2.45, 2.75) is 50.4 Å². The van der Waals surface area contributed by atoms with Gasteiger partial charge in [0, 0.05) is 18.3 Å². The number of nitriles is 1. The second-order valence-corrected chi connectivity index (χ2v) is 8.51. The Morgan fingerprint density at radius 3 is 2.53 bits per heavy atom. The molecule has 186 valence electrons. The maximum Gasteiger partial charge on any atom is 0.433 e. The molecule has 0 spiro atoms. The fraction of sp³-hybridized carbons (Fsp3) is 0.364. The molecule has 4 aromatic rings. The average Bonchev–Trinajstić information content (AvgIpc) is 3.43. The molecular weight excluding hydrogens is 487 g/mol. The Morgan fingerprint density at radius 1 is 1.19 bits per heavy atom. The van der Waals surface area contributed by atoms with E-state index in [4.69, 9.17) is 0 Å². The summed E-state index contributed by atoms with van der Waals surface area (Å²) in [6.45, 7) is 1.63. The summed E-state index contributed by atoms with van der Waals surface area (Å²) in [6.07, 6.45) is -2.60. The lowest BCUT2D eigenvalue weighted by atomic mass is 9.79. The van der Waals surface area contributed by atoms with Crippen LogP contribution in [0.25, 0.3) is 11.0 Å². The predicted octanol–water partition coefficient (Wildman–Crippen LogP) is 4.27. The van der Waals surface area contributed by atoms with Crippen molar-refractivity contribution >= 4 is 11.0 Å². The number of hydrogen-bond acceptors (Lipinski definition) is 6. The normalized spacial score (nSPS) is 18.8. The molecule has 0 unspecified atom stereocenters. The van der Waals surface area contributed by atoms with Gasteiger partial charge in [-0.2, -0.15) is 28.6 Å². The fourth-order valence-corrected chi connectivity index (χ4v) is 4.31. The van der Waals surface area contributed by atoms with Crippen LogP contribution >= 0.6 is 0 Å². The van der Waals surface area contributed by atoms with E-state index in [1.165, 1.54) is 21.6 Å². The second kappa shape index (κ2) is 8.51. The summed E-state index contributed by atoms with van der Waals surface area (Å²) >= 11 is 0. The lowest BCUT2D eigenvalue weighted by Crippen LogP contribution is -2.31. The standard InChI is InChI=1S/C22H17F5N8O/c1-10(11-2-5-16(29-7-11)22(25,26)27)35-20-17(14(6-28)33-35)21(36)32-19(31-20)13-3-4-15(13)34-9-12(8-30-34)18(23)24/h2,5,7-10,13,15,18H,3-4H2,1H3,(H,31,32,36)/t10-,13-,15-/m1/s1. The molecule has 0 aliphatic heterocycles. The molecule has 1 aliphatic carbocycles. The Bertz CT molecular complexity index is 1530. The van der Waals surface area contributed by atoms with Gasteiger partial charge in [-0.15, -0.1) is 0 Å². The summed E-state index contributed by atoms with van der Waals surface area (Å²) in [7, 11) is 0. The van der Waals surface area contributed by atoms with Gasteiger partial charge in [0.2, 0.25) is 0 Å². The summed E-state index contributed by atoms with van der Waals surface area (Å²) in [5, 5.41) is 17.7. The lowest BCUT2D eigenvalue weighted by molar-refractivity contribution is -0.141. The van der Waals surface area contributed by atoms with Crippen LogP contribution in [0.4, 0.5) is 22.0 Å². The summed E-state index contributed by atoms with van der Waals surface area (Å²) < 4.78 is 67.4. The van der Waals surface area contributed by atoms with Gasteiger partial charge in [-0.1, -0.05) is 6.07 Å². The molecule has 0 saturated heterocycles. The maximum atomic E-state index is 13.0. The van der Waals surface area contributed by atoms with Crippen molar-refractivity contribution in [1.29, 1.82) is 5.26 Å². The minimum absolute atomic E-state index is 0.0529. The topological polar surface area (TPSA) is 118 Å². The molecule has 4 aromatic heterocycles. The molecule has 0 radical (unpaired) electrons. The number of rotatable bonds is 5. The molecule has 4 heterocycles. The minimum atomic E-state index is -4.60. The van der Waals surface area contributed by atoms with Gasteiger partial charge in [-0.05, 0) is 31.4 Å². The van der Waals surface area contributed by atoms with E-state index in [0.29, 0.717) is 18.4 Å². The highest BCUT2D eigenvalue weighted by Gasteiger charge is 2.37. The zero-order chi connectivity index (χ0) is 25.8. The number of pyridine rings is 1. The second-order valence-electron chi connectivity index (χ2n) is 8.51. The third-order valence-corrected chi connectivity index (χ3v) is 6.41. The number of aromatic amines is 1. The number of alkyl halides is 5. The lowest BCUT2D eigenvalue weighted by Gasteiger charge is -2.35. The first-order chi connectivity index (χ1) is 17.1. The van der Waals surface area contributed by atoms with E-state index in [9.17, 15) is 32.0 Å². The number of fused-ring (bicyclic) bond motifs is 1. The van der Waals surface area contributed by atoms with E-state index in [1.807, 2.05) is 6.07 Å². The van der Waals surface area contributed by atoms with Crippen molar-refractivity contribution in [2.75, 3.05) is 0 Å². The van der Waals surface area contributed by atoms with Crippen molar-refractivity contribution in [3.8, 4) is 6.07 Å². The molecule has 14 heteroatoms. The molecular formula is C22H17F5N8O. The molecule has 9 nitrogen and oxygen atoms in total. The van der Waals surface area contributed by atoms with E-state index in [1.54, 1.807) is 6.92 Å². The molecule has 36 heavy (non-hydrogen) atoms. The largest absolute Gasteiger partial charge is 0.433 e. The third-order valence-electron chi connectivity index (χ3n) is 6.41. The van der Waals surface area contributed by atoms with Crippen LogP contribution in [0.1, 0.15) is 72.5 Å². The van der Waals surface area contributed by atoms with Gasteiger partial charge in [-0.3, -0.25) is 14.5 Å².